The molecule has 0 amide bonds. The molecule has 0 aliphatic carbocycles. The zero-order valence-electron chi connectivity index (χ0n) is 17.0. The van der Waals surface area contributed by atoms with Crippen LogP contribution >= 0.6 is 0 Å². The van der Waals surface area contributed by atoms with Gasteiger partial charge in [0.2, 0.25) is 0 Å². The fourth-order valence-corrected chi connectivity index (χ4v) is 3.95. The lowest BCUT2D eigenvalue weighted by atomic mass is 10.1. The fraction of sp³-hybridized carbons (Fsp3) is 0.273. The Balaban J connectivity index is 1.39. The molecule has 0 spiro atoms. The van der Waals surface area contributed by atoms with E-state index >= 15 is 0 Å². The molecular formula is C22H24N8O. The third kappa shape index (κ3) is 3.99. The molecule has 1 aliphatic heterocycles. The first kappa shape index (κ1) is 19.3. The number of aromatic amines is 1. The Morgan fingerprint density at radius 3 is 2.87 bits per heavy atom. The lowest BCUT2D eigenvalue weighted by Crippen LogP contribution is -2.36. The summed E-state index contributed by atoms with van der Waals surface area (Å²) in [5, 5.41) is 14.1. The van der Waals surface area contributed by atoms with Crippen molar-refractivity contribution in [3.63, 3.8) is 0 Å². The maximum atomic E-state index is 9.75. The Labute approximate surface area is 179 Å². The number of aromatic nitrogens is 5. The van der Waals surface area contributed by atoms with Gasteiger partial charge < -0.3 is 26.0 Å². The second-order valence-corrected chi connectivity index (χ2v) is 7.68. The summed E-state index contributed by atoms with van der Waals surface area (Å²) in [6.07, 6.45) is 6.48. The number of hydrogen-bond acceptors (Lipinski definition) is 8. The van der Waals surface area contributed by atoms with Gasteiger partial charge in [0.15, 0.2) is 0 Å². The zero-order valence-corrected chi connectivity index (χ0v) is 17.0. The molecule has 9 nitrogen and oxygen atoms in total. The molecule has 0 radical (unpaired) electrons. The predicted octanol–water partition coefficient (Wildman–Crippen LogP) is 2.57. The van der Waals surface area contributed by atoms with E-state index in [1.54, 1.807) is 6.20 Å². The largest absolute Gasteiger partial charge is 0.393 e. The minimum Gasteiger partial charge on any atom is -0.393 e. The van der Waals surface area contributed by atoms with Crippen LogP contribution in [0.5, 0.6) is 0 Å². The summed E-state index contributed by atoms with van der Waals surface area (Å²) in [5.74, 6) is 2.13. The molecule has 4 aromatic rings. The second kappa shape index (κ2) is 8.19. The number of pyridine rings is 2. The van der Waals surface area contributed by atoms with Crippen LogP contribution in [0.4, 0.5) is 17.5 Å². The van der Waals surface area contributed by atoms with E-state index in [1.165, 1.54) is 6.33 Å². The number of nitrogens with zero attached hydrogens (tertiary/aromatic N) is 5. The second-order valence-electron chi connectivity index (χ2n) is 7.68. The van der Waals surface area contributed by atoms with Crippen LogP contribution in [0.3, 0.4) is 0 Å². The molecule has 0 unspecified atom stereocenters. The Bertz CT molecular complexity index is 1200. The molecule has 0 saturated carbocycles. The number of fused-ring (bicyclic) bond motifs is 1. The van der Waals surface area contributed by atoms with Crippen molar-refractivity contribution in [2.75, 3.05) is 29.0 Å². The Kier molecular flexibility index (Phi) is 5.09. The highest BCUT2D eigenvalue weighted by molar-refractivity contribution is 6.01. The highest BCUT2D eigenvalue weighted by Crippen LogP contribution is 2.32. The van der Waals surface area contributed by atoms with Crippen LogP contribution < -0.4 is 16.0 Å². The number of hydrogen-bond donors (Lipinski definition) is 4. The van der Waals surface area contributed by atoms with Gasteiger partial charge in [0.25, 0.3) is 0 Å². The number of nitrogens with one attached hydrogen (secondary N) is 2. The monoisotopic (exact) mass is 416 g/mol. The average molecular weight is 416 g/mol. The predicted molar refractivity (Wildman–Crippen MR) is 121 cm³/mol. The fourth-order valence-electron chi connectivity index (χ4n) is 3.95. The molecule has 1 saturated heterocycles. The van der Waals surface area contributed by atoms with E-state index in [0.29, 0.717) is 12.4 Å². The summed E-state index contributed by atoms with van der Waals surface area (Å²) in [6, 6.07) is 9.77. The van der Waals surface area contributed by atoms with Crippen LogP contribution in [-0.4, -0.2) is 49.2 Å². The minimum absolute atomic E-state index is 0.201. The molecule has 1 fully saturated rings. The molecule has 0 aromatic carbocycles. The van der Waals surface area contributed by atoms with Gasteiger partial charge in [0.1, 0.15) is 29.4 Å². The number of piperidine rings is 1. The van der Waals surface area contributed by atoms with E-state index in [0.717, 1.165) is 65.4 Å². The normalized spacial score (nSPS) is 14.8. The summed E-state index contributed by atoms with van der Waals surface area (Å²) >= 11 is 0. The van der Waals surface area contributed by atoms with Gasteiger partial charge in [0.05, 0.1) is 23.7 Å². The van der Waals surface area contributed by atoms with Crippen molar-refractivity contribution >= 4 is 28.5 Å². The van der Waals surface area contributed by atoms with Crippen molar-refractivity contribution in [2.45, 2.75) is 25.5 Å². The van der Waals surface area contributed by atoms with Gasteiger partial charge in [-0.2, -0.15) is 0 Å². The topological polar surface area (TPSA) is 129 Å². The van der Waals surface area contributed by atoms with Crippen molar-refractivity contribution in [2.24, 2.45) is 0 Å². The van der Waals surface area contributed by atoms with Crippen molar-refractivity contribution in [1.29, 1.82) is 0 Å². The molecule has 0 atom stereocenters. The Morgan fingerprint density at radius 1 is 1.16 bits per heavy atom. The Morgan fingerprint density at radius 2 is 2.03 bits per heavy atom. The lowest BCUT2D eigenvalue weighted by molar-refractivity contribution is 0.145. The van der Waals surface area contributed by atoms with Gasteiger partial charge in [-0.1, -0.05) is 6.07 Å². The van der Waals surface area contributed by atoms with Crippen LogP contribution in [0.15, 0.2) is 49.1 Å². The summed E-state index contributed by atoms with van der Waals surface area (Å²) < 4.78 is 0. The molecule has 31 heavy (non-hydrogen) atoms. The molecule has 0 bridgehead atoms. The van der Waals surface area contributed by atoms with E-state index in [1.807, 2.05) is 36.5 Å². The van der Waals surface area contributed by atoms with Crippen LogP contribution in [0, 0.1) is 0 Å². The summed E-state index contributed by atoms with van der Waals surface area (Å²) in [7, 11) is 0. The first-order valence-corrected chi connectivity index (χ1v) is 10.3. The summed E-state index contributed by atoms with van der Waals surface area (Å²) in [4.78, 5) is 23.1. The number of aliphatic hydroxyl groups excluding tert-OH is 1. The van der Waals surface area contributed by atoms with Gasteiger partial charge >= 0.3 is 0 Å². The molecule has 4 aromatic heterocycles. The molecule has 5 N–H and O–H groups in total. The molecule has 5 heterocycles. The number of rotatable bonds is 5. The van der Waals surface area contributed by atoms with E-state index in [-0.39, 0.29) is 6.10 Å². The van der Waals surface area contributed by atoms with Crippen LogP contribution in [0.1, 0.15) is 18.5 Å². The first-order valence-electron chi connectivity index (χ1n) is 10.3. The smallest absolute Gasteiger partial charge is 0.143 e. The number of nitrogen functional groups attached to an aromatic ring is 1. The zero-order chi connectivity index (χ0) is 21.2. The molecular weight excluding hydrogens is 392 g/mol. The van der Waals surface area contributed by atoms with E-state index < -0.39 is 0 Å². The number of H-pyrrole nitrogens is 1. The van der Waals surface area contributed by atoms with Gasteiger partial charge in [-0.15, -0.1) is 0 Å². The summed E-state index contributed by atoms with van der Waals surface area (Å²) in [6.45, 7) is 2.16. The molecule has 9 heteroatoms. The highest BCUT2D eigenvalue weighted by atomic mass is 16.3. The first-order chi connectivity index (χ1) is 15.2. The molecule has 1 aliphatic rings. The van der Waals surface area contributed by atoms with Crippen LogP contribution in [0.2, 0.25) is 0 Å². The van der Waals surface area contributed by atoms with E-state index in [4.69, 9.17) is 10.7 Å². The highest BCUT2D eigenvalue weighted by Gasteiger charge is 2.18. The standard InChI is InChI=1S/C22H24N8O/c23-18-10-14(4-7-24-18)17-12-26-22-20(17)21(27-13-28-22)25-11-15-2-1-3-19(29-15)30-8-5-16(31)6-9-30/h1-4,7,10,12-13,16,31H,5-6,8-9,11H2,(H2,23,24)(H2,25,26,27,28). The van der Waals surface area contributed by atoms with Gasteiger partial charge in [-0.25, -0.2) is 19.9 Å². The van der Waals surface area contributed by atoms with Crippen molar-refractivity contribution in [1.82, 2.24) is 24.9 Å². The maximum Gasteiger partial charge on any atom is 0.143 e. The molecule has 158 valence electrons. The van der Waals surface area contributed by atoms with E-state index in [9.17, 15) is 5.11 Å². The van der Waals surface area contributed by atoms with Gasteiger partial charge in [-0.3, -0.25) is 0 Å². The van der Waals surface area contributed by atoms with Crippen LogP contribution in [-0.2, 0) is 6.54 Å². The third-order valence-corrected chi connectivity index (χ3v) is 5.58. The van der Waals surface area contributed by atoms with Crippen molar-refractivity contribution in [3.05, 3.63) is 54.7 Å². The minimum atomic E-state index is -0.201. The summed E-state index contributed by atoms with van der Waals surface area (Å²) in [5.41, 5.74) is 9.44. The van der Waals surface area contributed by atoms with Crippen molar-refractivity contribution in [3.8, 4) is 11.1 Å². The van der Waals surface area contributed by atoms with Gasteiger partial charge in [0, 0.05) is 31.0 Å². The average Bonchev–Trinajstić information content (AvgIpc) is 3.23. The van der Waals surface area contributed by atoms with E-state index in [2.05, 4.69) is 30.2 Å². The number of anilines is 3. The van der Waals surface area contributed by atoms with Gasteiger partial charge in [-0.05, 0) is 42.7 Å². The van der Waals surface area contributed by atoms with Crippen molar-refractivity contribution < 1.29 is 5.11 Å². The lowest BCUT2D eigenvalue weighted by Gasteiger charge is -2.30. The number of nitrogens with two attached hydrogens (primary N) is 1. The molecule has 5 rings (SSSR count). The third-order valence-electron chi connectivity index (χ3n) is 5.58. The SMILES string of the molecule is Nc1cc(-c2c[nH]c3ncnc(NCc4cccc(N5CCC(O)CC5)n4)c23)ccn1. The Hall–Kier alpha value is -3.72. The quantitative estimate of drug-likeness (QED) is 0.391. The maximum absolute atomic E-state index is 9.75. The van der Waals surface area contributed by atoms with Crippen LogP contribution in [0.25, 0.3) is 22.2 Å². The number of aliphatic hydroxyl groups is 1.